The molecule has 21 heavy (non-hydrogen) atoms. The van der Waals surface area contributed by atoms with E-state index in [0.717, 1.165) is 37.9 Å². The van der Waals surface area contributed by atoms with Crippen LogP contribution < -0.4 is 0 Å². The van der Waals surface area contributed by atoms with Crippen molar-refractivity contribution in [2.75, 3.05) is 0 Å². The van der Waals surface area contributed by atoms with Crippen LogP contribution in [0.15, 0.2) is 18.5 Å². The maximum absolute atomic E-state index is 13.1. The van der Waals surface area contributed by atoms with Crippen LogP contribution in [0.2, 0.25) is 0 Å². The minimum Gasteiger partial charge on any atom is -0.385 e. The predicted octanol–water partition coefficient (Wildman–Crippen LogP) is 4.42. The van der Waals surface area contributed by atoms with Gasteiger partial charge in [-0.05, 0) is 50.0 Å². The highest BCUT2D eigenvalue weighted by Gasteiger charge is 2.47. The van der Waals surface area contributed by atoms with Gasteiger partial charge in [0.05, 0.1) is 11.2 Å². The van der Waals surface area contributed by atoms with E-state index in [2.05, 4.69) is 4.98 Å². The van der Waals surface area contributed by atoms with E-state index in [0.29, 0.717) is 12.8 Å². The molecule has 1 aromatic rings. The van der Waals surface area contributed by atoms with E-state index in [-0.39, 0.29) is 11.0 Å². The molecule has 2 fully saturated rings. The van der Waals surface area contributed by atoms with Crippen molar-refractivity contribution in [3.05, 3.63) is 29.6 Å². The summed E-state index contributed by atoms with van der Waals surface area (Å²) in [6, 6.07) is 0.966. The Morgan fingerprint density at radius 2 is 1.62 bits per heavy atom. The fourth-order valence-corrected chi connectivity index (χ4v) is 4.10. The zero-order chi connectivity index (χ0) is 15.1. The second-order valence-corrected chi connectivity index (χ2v) is 6.66. The first-order chi connectivity index (χ1) is 9.85. The SMILES string of the molecule is OC1(c2cnccc2C(F)(F)F)CCC2(CCCC2)CC1. The van der Waals surface area contributed by atoms with Gasteiger partial charge < -0.3 is 5.11 Å². The quantitative estimate of drug-likeness (QED) is 0.832. The summed E-state index contributed by atoms with van der Waals surface area (Å²) in [4.78, 5) is 3.81. The molecule has 3 rings (SSSR count). The third-order valence-corrected chi connectivity index (χ3v) is 5.43. The first-order valence-electron chi connectivity index (χ1n) is 7.59. The summed E-state index contributed by atoms with van der Waals surface area (Å²) in [6.45, 7) is 0. The van der Waals surface area contributed by atoms with E-state index in [1.54, 1.807) is 0 Å². The van der Waals surface area contributed by atoms with E-state index in [4.69, 9.17) is 0 Å². The molecule has 0 amide bonds. The van der Waals surface area contributed by atoms with Gasteiger partial charge in [-0.25, -0.2) is 0 Å². The number of hydrogen-bond acceptors (Lipinski definition) is 2. The van der Waals surface area contributed by atoms with Crippen LogP contribution >= 0.6 is 0 Å². The topological polar surface area (TPSA) is 33.1 Å². The van der Waals surface area contributed by atoms with Gasteiger partial charge in [0.15, 0.2) is 0 Å². The first-order valence-corrected chi connectivity index (χ1v) is 7.59. The zero-order valence-corrected chi connectivity index (χ0v) is 11.9. The average molecular weight is 299 g/mol. The van der Waals surface area contributed by atoms with Gasteiger partial charge in [-0.2, -0.15) is 13.2 Å². The van der Waals surface area contributed by atoms with Gasteiger partial charge in [-0.1, -0.05) is 12.8 Å². The molecule has 2 aliphatic rings. The zero-order valence-electron chi connectivity index (χ0n) is 11.9. The fraction of sp³-hybridized carbons (Fsp3) is 0.688. The Kier molecular flexibility index (Phi) is 3.51. The number of halogens is 3. The van der Waals surface area contributed by atoms with Gasteiger partial charge >= 0.3 is 6.18 Å². The third kappa shape index (κ3) is 2.68. The number of nitrogens with zero attached hydrogens (tertiary/aromatic N) is 1. The van der Waals surface area contributed by atoms with Gasteiger partial charge in [0.25, 0.3) is 0 Å². The van der Waals surface area contributed by atoms with Gasteiger partial charge in [-0.15, -0.1) is 0 Å². The summed E-state index contributed by atoms with van der Waals surface area (Å²) >= 11 is 0. The summed E-state index contributed by atoms with van der Waals surface area (Å²) in [5.41, 5.74) is -1.91. The molecule has 5 heteroatoms. The lowest BCUT2D eigenvalue weighted by atomic mass is 9.65. The van der Waals surface area contributed by atoms with E-state index in [1.807, 2.05) is 0 Å². The Labute approximate surface area is 122 Å². The largest absolute Gasteiger partial charge is 0.416 e. The summed E-state index contributed by atoms with van der Waals surface area (Å²) in [7, 11) is 0. The van der Waals surface area contributed by atoms with Crippen LogP contribution in [0.1, 0.15) is 62.5 Å². The molecule has 0 saturated heterocycles. The number of aliphatic hydroxyl groups is 1. The standard InChI is InChI=1S/C16H20F3NO/c17-16(18,19)12-3-10-20-11-13(12)15(21)8-6-14(7-9-15)4-1-2-5-14/h3,10-11,21H,1-2,4-9H2. The van der Waals surface area contributed by atoms with E-state index < -0.39 is 17.3 Å². The number of aromatic nitrogens is 1. The Hall–Kier alpha value is -1.10. The summed E-state index contributed by atoms with van der Waals surface area (Å²) < 4.78 is 39.4. The molecule has 2 nitrogen and oxygen atoms in total. The van der Waals surface area contributed by atoms with Gasteiger partial charge in [0.1, 0.15) is 0 Å². The lowest BCUT2D eigenvalue weighted by Gasteiger charge is -2.43. The number of rotatable bonds is 1. The molecule has 116 valence electrons. The minimum atomic E-state index is -4.45. The highest BCUT2D eigenvalue weighted by Crippen LogP contribution is 2.54. The molecule has 0 bridgehead atoms. The van der Waals surface area contributed by atoms with Gasteiger partial charge in [-0.3, -0.25) is 4.98 Å². The van der Waals surface area contributed by atoms with Crippen molar-refractivity contribution in [2.24, 2.45) is 5.41 Å². The predicted molar refractivity (Wildman–Crippen MR) is 72.5 cm³/mol. The molecule has 1 aromatic heterocycles. The fourth-order valence-electron chi connectivity index (χ4n) is 4.10. The Balaban J connectivity index is 1.87. The lowest BCUT2D eigenvalue weighted by Crippen LogP contribution is -2.37. The number of hydrogen-bond donors (Lipinski definition) is 1. The maximum Gasteiger partial charge on any atom is 0.416 e. The molecule has 2 aliphatic carbocycles. The average Bonchev–Trinajstić information content (AvgIpc) is 2.91. The van der Waals surface area contributed by atoms with Gasteiger partial charge in [0, 0.05) is 18.0 Å². The molecular weight excluding hydrogens is 279 g/mol. The second-order valence-electron chi connectivity index (χ2n) is 6.66. The minimum absolute atomic E-state index is 0.0506. The molecule has 0 radical (unpaired) electrons. The maximum atomic E-state index is 13.1. The van der Waals surface area contributed by atoms with Crippen LogP contribution in [0.5, 0.6) is 0 Å². The molecule has 0 aliphatic heterocycles. The number of pyridine rings is 1. The molecule has 0 unspecified atom stereocenters. The monoisotopic (exact) mass is 299 g/mol. The highest BCUT2D eigenvalue weighted by atomic mass is 19.4. The van der Waals surface area contributed by atoms with Crippen molar-refractivity contribution >= 4 is 0 Å². The van der Waals surface area contributed by atoms with Crippen LogP contribution in [-0.2, 0) is 11.8 Å². The Bertz CT molecular complexity index is 510. The Morgan fingerprint density at radius 3 is 2.19 bits per heavy atom. The number of alkyl halides is 3. The normalized spacial score (nSPS) is 24.4. The molecule has 1 heterocycles. The van der Waals surface area contributed by atoms with Crippen LogP contribution in [0.25, 0.3) is 0 Å². The van der Waals surface area contributed by atoms with Crippen molar-refractivity contribution in [3.8, 4) is 0 Å². The summed E-state index contributed by atoms with van der Waals surface area (Å²) in [6.07, 6.45) is 5.04. The Morgan fingerprint density at radius 1 is 1.00 bits per heavy atom. The van der Waals surface area contributed by atoms with Crippen LogP contribution in [0.3, 0.4) is 0 Å². The van der Waals surface area contributed by atoms with Crippen molar-refractivity contribution in [1.82, 2.24) is 4.98 Å². The third-order valence-electron chi connectivity index (χ3n) is 5.43. The lowest BCUT2D eigenvalue weighted by molar-refractivity contribution is -0.142. The summed E-state index contributed by atoms with van der Waals surface area (Å²) in [5, 5.41) is 10.8. The highest BCUT2D eigenvalue weighted by molar-refractivity contribution is 5.32. The van der Waals surface area contributed by atoms with E-state index in [9.17, 15) is 18.3 Å². The second kappa shape index (κ2) is 4.97. The van der Waals surface area contributed by atoms with E-state index in [1.165, 1.54) is 19.0 Å². The molecule has 1 spiro atoms. The smallest absolute Gasteiger partial charge is 0.385 e. The summed E-state index contributed by atoms with van der Waals surface area (Å²) in [5.74, 6) is 0. The van der Waals surface area contributed by atoms with E-state index >= 15 is 0 Å². The van der Waals surface area contributed by atoms with Crippen molar-refractivity contribution in [2.45, 2.75) is 63.1 Å². The van der Waals surface area contributed by atoms with Gasteiger partial charge in [0.2, 0.25) is 0 Å². The molecule has 0 atom stereocenters. The molecule has 1 N–H and O–H groups in total. The van der Waals surface area contributed by atoms with Crippen molar-refractivity contribution in [3.63, 3.8) is 0 Å². The van der Waals surface area contributed by atoms with Crippen LogP contribution in [-0.4, -0.2) is 10.1 Å². The van der Waals surface area contributed by atoms with Crippen LogP contribution in [0, 0.1) is 5.41 Å². The molecule has 0 aromatic carbocycles. The molecule has 2 saturated carbocycles. The van der Waals surface area contributed by atoms with Crippen LogP contribution in [0.4, 0.5) is 13.2 Å². The first kappa shape index (κ1) is 14.8. The van der Waals surface area contributed by atoms with Crippen molar-refractivity contribution < 1.29 is 18.3 Å². The molecular formula is C16H20F3NO. The van der Waals surface area contributed by atoms with Crippen molar-refractivity contribution in [1.29, 1.82) is 0 Å².